The largest absolute Gasteiger partial charge is 0.355 e. The van der Waals surface area contributed by atoms with Gasteiger partial charge in [0.1, 0.15) is 17.5 Å². The Morgan fingerprint density at radius 2 is 1.97 bits per heavy atom. The molecule has 1 aliphatic rings. The highest BCUT2D eigenvalue weighted by molar-refractivity contribution is 5.78. The van der Waals surface area contributed by atoms with Crippen LogP contribution in [0.25, 0.3) is 11.0 Å². The third kappa shape index (κ3) is 5.09. The van der Waals surface area contributed by atoms with Gasteiger partial charge in [-0.05, 0) is 49.2 Å². The average Bonchev–Trinajstić information content (AvgIpc) is 3.54. The second-order valence-corrected chi connectivity index (χ2v) is 8.37. The van der Waals surface area contributed by atoms with E-state index >= 15 is 0 Å². The molecule has 2 aromatic carbocycles. The van der Waals surface area contributed by atoms with Crippen LogP contribution in [0.1, 0.15) is 41.9 Å². The molecule has 4 aromatic rings. The standard InChI is InChI=1S/C24H26FN7O/c25-17-9-7-16(8-10-17)14-22-29-24(31-30-22)20-6-3-13-32(20)15-23(33)26-12-11-21-27-18-4-1-2-5-19(18)28-21/h1-2,4-5,7-10,20H,3,6,11-15H2,(H,26,33)(H,27,28)(H,29,30,31). The van der Waals surface area contributed by atoms with Crippen molar-refractivity contribution in [2.24, 2.45) is 0 Å². The lowest BCUT2D eigenvalue weighted by Crippen LogP contribution is -2.38. The molecule has 170 valence electrons. The van der Waals surface area contributed by atoms with Gasteiger partial charge in [0.15, 0.2) is 5.82 Å². The number of nitrogens with one attached hydrogen (secondary N) is 3. The smallest absolute Gasteiger partial charge is 0.234 e. The first-order chi connectivity index (χ1) is 16.1. The predicted octanol–water partition coefficient (Wildman–Crippen LogP) is 2.91. The summed E-state index contributed by atoms with van der Waals surface area (Å²) >= 11 is 0. The molecule has 9 heteroatoms. The van der Waals surface area contributed by atoms with Gasteiger partial charge in [-0.1, -0.05) is 24.3 Å². The lowest BCUT2D eigenvalue weighted by atomic mass is 10.1. The Balaban J connectivity index is 1.13. The van der Waals surface area contributed by atoms with E-state index in [1.165, 1.54) is 12.1 Å². The van der Waals surface area contributed by atoms with Crippen LogP contribution in [0.3, 0.4) is 0 Å². The number of nitrogens with zero attached hydrogens (tertiary/aromatic N) is 4. The first-order valence-corrected chi connectivity index (χ1v) is 11.2. The Morgan fingerprint density at radius 3 is 2.82 bits per heavy atom. The van der Waals surface area contributed by atoms with Gasteiger partial charge in [0, 0.05) is 19.4 Å². The second kappa shape index (κ2) is 9.50. The zero-order valence-electron chi connectivity index (χ0n) is 18.2. The third-order valence-electron chi connectivity index (χ3n) is 5.96. The van der Waals surface area contributed by atoms with E-state index < -0.39 is 0 Å². The number of benzene rings is 2. The summed E-state index contributed by atoms with van der Waals surface area (Å²) in [6, 6.07) is 14.3. The fourth-order valence-corrected chi connectivity index (χ4v) is 4.33. The van der Waals surface area contributed by atoms with Crippen molar-refractivity contribution >= 4 is 16.9 Å². The van der Waals surface area contributed by atoms with Crippen molar-refractivity contribution in [3.63, 3.8) is 0 Å². The van der Waals surface area contributed by atoms with E-state index in [1.54, 1.807) is 12.1 Å². The quantitative estimate of drug-likeness (QED) is 0.385. The van der Waals surface area contributed by atoms with Crippen molar-refractivity contribution in [3.05, 3.63) is 77.4 Å². The van der Waals surface area contributed by atoms with Crippen molar-refractivity contribution in [3.8, 4) is 0 Å². The Hall–Kier alpha value is -3.59. The van der Waals surface area contributed by atoms with Crippen LogP contribution in [0.5, 0.6) is 0 Å². The molecular weight excluding hydrogens is 421 g/mol. The van der Waals surface area contributed by atoms with Crippen LogP contribution < -0.4 is 5.32 Å². The molecule has 8 nitrogen and oxygen atoms in total. The summed E-state index contributed by atoms with van der Waals surface area (Å²) in [5.74, 6) is 2.04. The van der Waals surface area contributed by atoms with E-state index in [0.29, 0.717) is 31.8 Å². The minimum Gasteiger partial charge on any atom is -0.355 e. The molecule has 3 heterocycles. The molecule has 0 aliphatic carbocycles. The molecule has 3 N–H and O–H groups in total. The summed E-state index contributed by atoms with van der Waals surface area (Å²) in [6.45, 7) is 1.68. The maximum atomic E-state index is 13.1. The van der Waals surface area contributed by atoms with Crippen LogP contribution in [-0.4, -0.2) is 55.6 Å². The normalized spacial score (nSPS) is 16.5. The van der Waals surface area contributed by atoms with Crippen LogP contribution >= 0.6 is 0 Å². The van der Waals surface area contributed by atoms with E-state index in [0.717, 1.165) is 47.6 Å². The summed E-state index contributed by atoms with van der Waals surface area (Å²) in [5, 5.41) is 10.4. The molecule has 1 amide bonds. The Kier molecular flexibility index (Phi) is 6.12. The fraction of sp³-hybridized carbons (Fsp3) is 0.333. The van der Waals surface area contributed by atoms with Gasteiger partial charge in [0.25, 0.3) is 0 Å². The van der Waals surface area contributed by atoms with Gasteiger partial charge in [-0.3, -0.25) is 14.8 Å². The highest BCUT2D eigenvalue weighted by Crippen LogP contribution is 2.29. The van der Waals surface area contributed by atoms with E-state index in [2.05, 4.69) is 35.4 Å². The first kappa shape index (κ1) is 21.3. The van der Waals surface area contributed by atoms with Crippen LogP contribution in [0.2, 0.25) is 0 Å². The van der Waals surface area contributed by atoms with Gasteiger partial charge in [-0.25, -0.2) is 14.4 Å². The minimum atomic E-state index is -0.255. The Labute approximate surface area is 190 Å². The molecule has 1 atom stereocenters. The predicted molar refractivity (Wildman–Crippen MR) is 122 cm³/mol. The first-order valence-electron chi connectivity index (χ1n) is 11.2. The lowest BCUT2D eigenvalue weighted by molar-refractivity contribution is -0.122. The van der Waals surface area contributed by atoms with Crippen molar-refractivity contribution in [2.45, 2.75) is 31.7 Å². The number of imidazole rings is 1. The van der Waals surface area contributed by atoms with Crippen molar-refractivity contribution in [2.75, 3.05) is 19.6 Å². The molecule has 0 saturated carbocycles. The second-order valence-electron chi connectivity index (χ2n) is 8.37. The maximum absolute atomic E-state index is 13.1. The number of H-pyrrole nitrogens is 2. The van der Waals surface area contributed by atoms with Gasteiger partial charge in [0.05, 0.1) is 23.6 Å². The number of carbonyl (C=O) groups excluding carboxylic acids is 1. The van der Waals surface area contributed by atoms with Crippen LogP contribution in [0.4, 0.5) is 4.39 Å². The van der Waals surface area contributed by atoms with Gasteiger partial charge >= 0.3 is 0 Å². The van der Waals surface area contributed by atoms with Crippen LogP contribution in [-0.2, 0) is 17.6 Å². The van der Waals surface area contributed by atoms with Gasteiger partial charge in [0.2, 0.25) is 5.91 Å². The molecule has 0 spiro atoms. The average molecular weight is 448 g/mol. The van der Waals surface area contributed by atoms with Crippen molar-refractivity contribution in [1.29, 1.82) is 0 Å². The number of amides is 1. The highest BCUT2D eigenvalue weighted by Gasteiger charge is 2.30. The summed E-state index contributed by atoms with van der Waals surface area (Å²) in [7, 11) is 0. The SMILES string of the molecule is O=C(CN1CCCC1c1n[nH]c(Cc2ccc(F)cc2)n1)NCCc1nc2ccccc2[nH]1. The number of likely N-dealkylation sites (tertiary alicyclic amines) is 1. The molecule has 1 unspecified atom stereocenters. The number of fused-ring (bicyclic) bond motifs is 1. The summed E-state index contributed by atoms with van der Waals surface area (Å²) in [6.07, 6.45) is 3.12. The van der Waals surface area contributed by atoms with Gasteiger partial charge < -0.3 is 10.3 Å². The maximum Gasteiger partial charge on any atom is 0.234 e. The topological polar surface area (TPSA) is 103 Å². The highest BCUT2D eigenvalue weighted by atomic mass is 19.1. The number of aromatic nitrogens is 5. The third-order valence-corrected chi connectivity index (χ3v) is 5.96. The molecule has 1 aliphatic heterocycles. The van der Waals surface area contributed by atoms with Crippen LogP contribution in [0.15, 0.2) is 48.5 Å². The number of hydrogen-bond acceptors (Lipinski definition) is 5. The number of carbonyl (C=O) groups is 1. The van der Waals surface area contributed by atoms with Gasteiger partial charge in [-0.15, -0.1) is 0 Å². The molecule has 33 heavy (non-hydrogen) atoms. The Bertz CT molecular complexity index is 1200. The molecule has 0 radical (unpaired) electrons. The van der Waals surface area contributed by atoms with E-state index in [-0.39, 0.29) is 17.8 Å². The minimum absolute atomic E-state index is 0.0138. The fourth-order valence-electron chi connectivity index (χ4n) is 4.33. The molecule has 2 aromatic heterocycles. The molecule has 1 fully saturated rings. The molecule has 5 rings (SSSR count). The van der Waals surface area contributed by atoms with Crippen LogP contribution in [0, 0.1) is 5.82 Å². The number of halogens is 1. The number of aromatic amines is 2. The molecule has 1 saturated heterocycles. The van der Waals surface area contributed by atoms with Gasteiger partial charge in [-0.2, -0.15) is 5.10 Å². The van der Waals surface area contributed by atoms with Crippen molar-refractivity contribution < 1.29 is 9.18 Å². The summed E-state index contributed by atoms with van der Waals surface area (Å²) in [4.78, 5) is 27.1. The molecular formula is C24H26FN7O. The number of hydrogen-bond donors (Lipinski definition) is 3. The van der Waals surface area contributed by atoms with E-state index in [4.69, 9.17) is 0 Å². The zero-order valence-corrected chi connectivity index (χ0v) is 18.2. The summed E-state index contributed by atoms with van der Waals surface area (Å²) < 4.78 is 13.1. The Morgan fingerprint density at radius 1 is 1.12 bits per heavy atom. The number of para-hydroxylation sites is 2. The lowest BCUT2D eigenvalue weighted by Gasteiger charge is -2.21. The van der Waals surface area contributed by atoms with E-state index in [9.17, 15) is 9.18 Å². The van der Waals surface area contributed by atoms with E-state index in [1.807, 2.05) is 24.3 Å². The van der Waals surface area contributed by atoms with Crippen molar-refractivity contribution in [1.82, 2.24) is 35.4 Å². The summed E-state index contributed by atoms with van der Waals surface area (Å²) in [5.41, 5.74) is 2.90. The molecule has 0 bridgehead atoms. The zero-order chi connectivity index (χ0) is 22.6. The number of rotatable bonds is 8. The monoisotopic (exact) mass is 447 g/mol.